The lowest BCUT2D eigenvalue weighted by molar-refractivity contribution is -0.118. The number of aryl methyl sites for hydroxylation is 1. The van der Waals surface area contributed by atoms with E-state index >= 15 is 0 Å². The van der Waals surface area contributed by atoms with Crippen molar-refractivity contribution in [3.8, 4) is 11.1 Å². The molecule has 0 aliphatic heterocycles. The predicted octanol–water partition coefficient (Wildman–Crippen LogP) is 5.11. The molecule has 37 heavy (non-hydrogen) atoms. The fraction of sp³-hybridized carbons (Fsp3) is 0.214. The Labute approximate surface area is 213 Å². The zero-order valence-electron chi connectivity index (χ0n) is 21.0. The molecule has 2 N–H and O–H groups in total. The summed E-state index contributed by atoms with van der Waals surface area (Å²) in [4.78, 5) is 29.7. The van der Waals surface area contributed by atoms with E-state index in [0.717, 1.165) is 27.6 Å². The summed E-state index contributed by atoms with van der Waals surface area (Å²) in [6, 6.07) is 15.6. The number of fused-ring (bicyclic) bond motifs is 2. The summed E-state index contributed by atoms with van der Waals surface area (Å²) in [6.45, 7) is 5.48. The zero-order chi connectivity index (χ0) is 26.3. The first-order valence-corrected chi connectivity index (χ1v) is 12.0. The second kappa shape index (κ2) is 9.50. The minimum Gasteiger partial charge on any atom is -0.350 e. The van der Waals surface area contributed by atoms with Crippen LogP contribution in [0.2, 0.25) is 0 Å². The number of hydrogen-bond donors (Lipinski definition) is 2. The zero-order valence-corrected chi connectivity index (χ0v) is 21.0. The standard InChI is InChI=1S/C28H27FN6O2/c1-16(2)26(36)32-28-31-25-14-20(11-12-35(25)33-28)19-7-10-24-22(13-19)23(15-34(24)4)27(37)30-17(3)18-5-8-21(29)9-6-18/h5-17H,1-4H3,(H,30,37)(H,32,33,36)/t17-/m1/s1. The Morgan fingerprint density at radius 2 is 1.70 bits per heavy atom. The monoisotopic (exact) mass is 498 g/mol. The summed E-state index contributed by atoms with van der Waals surface area (Å²) in [5.74, 6) is -0.596. The average Bonchev–Trinajstić information content (AvgIpc) is 3.43. The highest BCUT2D eigenvalue weighted by Crippen LogP contribution is 2.29. The van der Waals surface area contributed by atoms with Crippen LogP contribution < -0.4 is 10.6 Å². The summed E-state index contributed by atoms with van der Waals surface area (Å²) in [7, 11) is 1.90. The third kappa shape index (κ3) is 4.80. The van der Waals surface area contributed by atoms with Crippen molar-refractivity contribution in [2.24, 2.45) is 13.0 Å². The molecule has 3 aromatic heterocycles. The van der Waals surface area contributed by atoms with E-state index in [1.54, 1.807) is 36.7 Å². The molecule has 3 heterocycles. The van der Waals surface area contributed by atoms with Crippen molar-refractivity contribution in [1.82, 2.24) is 24.5 Å². The van der Waals surface area contributed by atoms with Gasteiger partial charge in [0.2, 0.25) is 11.9 Å². The maximum atomic E-state index is 13.3. The molecule has 188 valence electrons. The highest BCUT2D eigenvalue weighted by molar-refractivity contribution is 6.08. The lowest BCUT2D eigenvalue weighted by atomic mass is 10.0. The molecular formula is C28H27FN6O2. The summed E-state index contributed by atoms with van der Waals surface area (Å²) < 4.78 is 16.8. The number of aromatic nitrogens is 4. The Balaban J connectivity index is 1.45. The van der Waals surface area contributed by atoms with Gasteiger partial charge in [0.05, 0.1) is 11.6 Å². The van der Waals surface area contributed by atoms with Crippen LogP contribution in [0.4, 0.5) is 10.3 Å². The first kappa shape index (κ1) is 24.2. The van der Waals surface area contributed by atoms with Crippen LogP contribution in [0.25, 0.3) is 27.7 Å². The molecule has 0 fully saturated rings. The maximum Gasteiger partial charge on any atom is 0.253 e. The fourth-order valence-corrected chi connectivity index (χ4v) is 4.23. The topological polar surface area (TPSA) is 93.3 Å². The summed E-state index contributed by atoms with van der Waals surface area (Å²) in [6.07, 6.45) is 3.60. The number of halogens is 1. The average molecular weight is 499 g/mol. The van der Waals surface area contributed by atoms with Gasteiger partial charge in [0.1, 0.15) is 5.82 Å². The van der Waals surface area contributed by atoms with Gasteiger partial charge in [0.15, 0.2) is 5.65 Å². The number of pyridine rings is 1. The second-order valence-electron chi connectivity index (χ2n) is 9.43. The smallest absolute Gasteiger partial charge is 0.253 e. The normalized spacial score (nSPS) is 12.3. The molecule has 0 aliphatic carbocycles. The highest BCUT2D eigenvalue weighted by Gasteiger charge is 2.18. The Morgan fingerprint density at radius 3 is 2.43 bits per heavy atom. The van der Waals surface area contributed by atoms with Crippen molar-refractivity contribution in [3.63, 3.8) is 0 Å². The Morgan fingerprint density at radius 1 is 0.973 bits per heavy atom. The largest absolute Gasteiger partial charge is 0.350 e. The van der Waals surface area contributed by atoms with Crippen LogP contribution in [0.15, 0.2) is 67.0 Å². The molecule has 0 saturated carbocycles. The number of carbonyl (C=O) groups excluding carboxylic acids is 2. The Hall–Kier alpha value is -4.53. The van der Waals surface area contributed by atoms with Crippen molar-refractivity contribution in [3.05, 3.63) is 83.9 Å². The lowest BCUT2D eigenvalue weighted by Crippen LogP contribution is -2.26. The fourth-order valence-electron chi connectivity index (χ4n) is 4.23. The van der Waals surface area contributed by atoms with E-state index in [1.165, 1.54) is 12.1 Å². The predicted molar refractivity (Wildman–Crippen MR) is 141 cm³/mol. The van der Waals surface area contributed by atoms with E-state index in [0.29, 0.717) is 11.2 Å². The second-order valence-corrected chi connectivity index (χ2v) is 9.43. The van der Waals surface area contributed by atoms with E-state index in [9.17, 15) is 14.0 Å². The molecule has 0 unspecified atom stereocenters. The summed E-state index contributed by atoms with van der Waals surface area (Å²) in [5, 5.41) is 10.9. The molecule has 0 bridgehead atoms. The minimum atomic E-state index is -0.315. The lowest BCUT2D eigenvalue weighted by Gasteiger charge is -2.14. The first-order chi connectivity index (χ1) is 17.7. The van der Waals surface area contributed by atoms with Crippen LogP contribution in [-0.4, -0.2) is 31.0 Å². The number of hydrogen-bond acceptors (Lipinski definition) is 4. The van der Waals surface area contributed by atoms with Gasteiger partial charge in [-0.1, -0.05) is 32.0 Å². The third-order valence-corrected chi connectivity index (χ3v) is 6.38. The van der Waals surface area contributed by atoms with Crippen molar-refractivity contribution in [1.29, 1.82) is 0 Å². The number of anilines is 1. The molecule has 5 aromatic rings. The number of nitrogens with zero attached hydrogens (tertiary/aromatic N) is 4. The van der Waals surface area contributed by atoms with Crippen LogP contribution in [0.5, 0.6) is 0 Å². The van der Waals surface area contributed by atoms with Gasteiger partial charge in [-0.3, -0.25) is 14.9 Å². The van der Waals surface area contributed by atoms with Crippen LogP contribution in [0.1, 0.15) is 42.7 Å². The highest BCUT2D eigenvalue weighted by atomic mass is 19.1. The van der Waals surface area contributed by atoms with E-state index in [1.807, 2.05) is 55.1 Å². The van der Waals surface area contributed by atoms with E-state index in [-0.39, 0.29) is 35.5 Å². The van der Waals surface area contributed by atoms with Crippen LogP contribution in [-0.2, 0) is 11.8 Å². The molecule has 0 radical (unpaired) electrons. The molecule has 0 spiro atoms. The molecule has 5 rings (SSSR count). The Kier molecular flexibility index (Phi) is 6.20. The van der Waals surface area contributed by atoms with E-state index in [2.05, 4.69) is 20.7 Å². The molecule has 2 aromatic carbocycles. The van der Waals surface area contributed by atoms with Gasteiger partial charge in [0.25, 0.3) is 5.91 Å². The van der Waals surface area contributed by atoms with Crippen molar-refractivity contribution >= 4 is 34.3 Å². The van der Waals surface area contributed by atoms with Gasteiger partial charge in [-0.05, 0) is 60.0 Å². The number of rotatable bonds is 6. The maximum absolute atomic E-state index is 13.3. The van der Waals surface area contributed by atoms with Gasteiger partial charge in [-0.25, -0.2) is 8.91 Å². The molecular weight excluding hydrogens is 471 g/mol. The number of benzene rings is 2. The van der Waals surface area contributed by atoms with Gasteiger partial charge >= 0.3 is 0 Å². The summed E-state index contributed by atoms with van der Waals surface area (Å²) in [5.41, 5.74) is 4.70. The molecule has 0 saturated heterocycles. The molecule has 8 nitrogen and oxygen atoms in total. The summed E-state index contributed by atoms with van der Waals surface area (Å²) >= 11 is 0. The third-order valence-electron chi connectivity index (χ3n) is 6.38. The van der Waals surface area contributed by atoms with Gasteiger partial charge in [-0.15, -0.1) is 5.10 Å². The minimum absolute atomic E-state index is 0.148. The quantitative estimate of drug-likeness (QED) is 0.340. The molecule has 1 atom stereocenters. The van der Waals surface area contributed by atoms with Gasteiger partial charge in [0, 0.05) is 36.3 Å². The van der Waals surface area contributed by atoms with Crippen molar-refractivity contribution in [2.75, 3.05) is 5.32 Å². The SMILES string of the molecule is CC(C)C(=O)Nc1nc2cc(-c3ccc4c(c3)c(C(=O)N[C@H](C)c3ccc(F)cc3)cn4C)ccn2n1. The van der Waals surface area contributed by atoms with Crippen LogP contribution in [0.3, 0.4) is 0 Å². The van der Waals surface area contributed by atoms with Crippen LogP contribution in [0, 0.1) is 11.7 Å². The Bertz CT molecular complexity index is 1630. The number of carbonyl (C=O) groups is 2. The molecule has 2 amide bonds. The first-order valence-electron chi connectivity index (χ1n) is 12.0. The van der Waals surface area contributed by atoms with Crippen molar-refractivity contribution in [2.45, 2.75) is 26.8 Å². The van der Waals surface area contributed by atoms with Crippen molar-refractivity contribution < 1.29 is 14.0 Å². The molecule has 9 heteroatoms. The van der Waals surface area contributed by atoms with Gasteiger partial charge < -0.3 is 9.88 Å². The van der Waals surface area contributed by atoms with E-state index < -0.39 is 0 Å². The van der Waals surface area contributed by atoms with E-state index in [4.69, 9.17) is 0 Å². The number of amides is 2. The molecule has 0 aliphatic rings. The number of nitrogens with one attached hydrogen (secondary N) is 2. The van der Waals surface area contributed by atoms with Gasteiger partial charge in [-0.2, -0.15) is 4.98 Å². The van der Waals surface area contributed by atoms with Crippen LogP contribution >= 0.6 is 0 Å².